The maximum atomic E-state index is 12.2. The van der Waals surface area contributed by atoms with E-state index in [1.54, 1.807) is 12.1 Å². The van der Waals surface area contributed by atoms with Gasteiger partial charge in [0, 0.05) is 18.7 Å². The van der Waals surface area contributed by atoms with Crippen molar-refractivity contribution in [1.82, 2.24) is 4.90 Å². The molecule has 1 N–H and O–H groups in total. The first kappa shape index (κ1) is 12.6. The van der Waals surface area contributed by atoms with Crippen LogP contribution in [0.3, 0.4) is 0 Å². The van der Waals surface area contributed by atoms with Gasteiger partial charge in [-0.2, -0.15) is 0 Å². The number of hydrogen-bond donors (Lipinski definition) is 1. The van der Waals surface area contributed by atoms with Crippen LogP contribution in [0.4, 0.5) is 0 Å². The fourth-order valence-electron chi connectivity index (χ4n) is 2.23. The quantitative estimate of drug-likeness (QED) is 0.870. The van der Waals surface area contributed by atoms with Crippen LogP contribution in [0, 0.1) is 11.8 Å². The molecular formula is C14H17NO3. The van der Waals surface area contributed by atoms with Crippen molar-refractivity contribution in [1.29, 1.82) is 0 Å². The van der Waals surface area contributed by atoms with Gasteiger partial charge in [-0.15, -0.1) is 0 Å². The smallest absolute Gasteiger partial charge is 0.335 e. The van der Waals surface area contributed by atoms with E-state index in [1.807, 2.05) is 4.90 Å². The van der Waals surface area contributed by atoms with Gasteiger partial charge in [-0.1, -0.05) is 13.8 Å². The standard InChI is InChI=1S/C14H17NO3/c1-9-7-15(8-10(9)2)13(16)11-3-5-12(6-4-11)14(17)18/h3-6,9-10H,7-8H2,1-2H3,(H,17,18). The predicted molar refractivity (Wildman–Crippen MR) is 67.6 cm³/mol. The molecule has 0 aliphatic carbocycles. The third-order valence-corrected chi connectivity index (χ3v) is 3.65. The summed E-state index contributed by atoms with van der Waals surface area (Å²) in [5, 5.41) is 8.80. The molecule has 2 rings (SSSR count). The number of nitrogens with zero attached hydrogens (tertiary/aromatic N) is 1. The first-order valence-corrected chi connectivity index (χ1v) is 6.11. The highest BCUT2D eigenvalue weighted by Gasteiger charge is 2.29. The van der Waals surface area contributed by atoms with Gasteiger partial charge in [0.2, 0.25) is 0 Å². The summed E-state index contributed by atoms with van der Waals surface area (Å²) in [6, 6.07) is 6.11. The Kier molecular flexibility index (Phi) is 3.36. The van der Waals surface area contributed by atoms with E-state index in [2.05, 4.69) is 13.8 Å². The number of likely N-dealkylation sites (tertiary alicyclic amines) is 1. The summed E-state index contributed by atoms with van der Waals surface area (Å²) in [7, 11) is 0. The van der Waals surface area contributed by atoms with Crippen molar-refractivity contribution in [2.75, 3.05) is 13.1 Å². The third kappa shape index (κ3) is 2.37. The maximum absolute atomic E-state index is 12.2. The monoisotopic (exact) mass is 247 g/mol. The molecule has 0 radical (unpaired) electrons. The number of amides is 1. The van der Waals surface area contributed by atoms with Gasteiger partial charge in [0.25, 0.3) is 5.91 Å². The summed E-state index contributed by atoms with van der Waals surface area (Å²) < 4.78 is 0. The highest BCUT2D eigenvalue weighted by atomic mass is 16.4. The molecule has 1 heterocycles. The van der Waals surface area contributed by atoms with E-state index in [1.165, 1.54) is 12.1 Å². The molecule has 0 aromatic heterocycles. The highest BCUT2D eigenvalue weighted by molar-refractivity contribution is 5.96. The van der Waals surface area contributed by atoms with Crippen LogP contribution in [-0.4, -0.2) is 35.0 Å². The van der Waals surface area contributed by atoms with Gasteiger partial charge in [0.1, 0.15) is 0 Å². The molecular weight excluding hydrogens is 230 g/mol. The predicted octanol–water partition coefficient (Wildman–Crippen LogP) is 2.11. The first-order valence-electron chi connectivity index (χ1n) is 6.11. The number of benzene rings is 1. The number of rotatable bonds is 2. The highest BCUT2D eigenvalue weighted by Crippen LogP contribution is 2.23. The minimum atomic E-state index is -0.975. The molecule has 4 nitrogen and oxygen atoms in total. The van der Waals surface area contributed by atoms with Crippen molar-refractivity contribution in [3.63, 3.8) is 0 Å². The second kappa shape index (κ2) is 4.80. The van der Waals surface area contributed by atoms with Gasteiger partial charge in [-0.05, 0) is 36.1 Å². The normalized spacial score (nSPS) is 23.1. The molecule has 1 aromatic rings. The van der Waals surface area contributed by atoms with Gasteiger partial charge in [0.05, 0.1) is 5.56 Å². The van der Waals surface area contributed by atoms with Crippen molar-refractivity contribution in [3.8, 4) is 0 Å². The zero-order valence-electron chi connectivity index (χ0n) is 10.6. The largest absolute Gasteiger partial charge is 0.478 e. The van der Waals surface area contributed by atoms with Gasteiger partial charge in [-0.3, -0.25) is 4.79 Å². The van der Waals surface area contributed by atoms with E-state index in [0.29, 0.717) is 17.4 Å². The van der Waals surface area contributed by atoms with E-state index in [-0.39, 0.29) is 11.5 Å². The Balaban J connectivity index is 2.12. The summed E-state index contributed by atoms with van der Waals surface area (Å²) in [5.74, 6) is 0.0556. The van der Waals surface area contributed by atoms with Crippen LogP contribution < -0.4 is 0 Å². The van der Waals surface area contributed by atoms with E-state index in [4.69, 9.17) is 5.11 Å². The molecule has 2 atom stereocenters. The van der Waals surface area contributed by atoms with Crippen molar-refractivity contribution in [3.05, 3.63) is 35.4 Å². The SMILES string of the molecule is CC1CN(C(=O)c2ccc(C(=O)O)cc2)CC1C. The number of carboxylic acids is 1. The van der Waals surface area contributed by atoms with Crippen LogP contribution in [0.2, 0.25) is 0 Å². The van der Waals surface area contributed by atoms with Crippen molar-refractivity contribution in [2.24, 2.45) is 11.8 Å². The van der Waals surface area contributed by atoms with Crippen molar-refractivity contribution < 1.29 is 14.7 Å². The van der Waals surface area contributed by atoms with E-state index in [0.717, 1.165) is 13.1 Å². The molecule has 2 unspecified atom stereocenters. The fraction of sp³-hybridized carbons (Fsp3) is 0.429. The maximum Gasteiger partial charge on any atom is 0.335 e. The van der Waals surface area contributed by atoms with Gasteiger partial charge < -0.3 is 10.0 Å². The van der Waals surface area contributed by atoms with E-state index in [9.17, 15) is 9.59 Å². The average Bonchev–Trinajstić information content (AvgIpc) is 2.69. The van der Waals surface area contributed by atoms with E-state index >= 15 is 0 Å². The van der Waals surface area contributed by atoms with Gasteiger partial charge in [-0.25, -0.2) is 4.79 Å². The molecule has 18 heavy (non-hydrogen) atoms. The Morgan fingerprint density at radius 3 is 1.94 bits per heavy atom. The van der Waals surface area contributed by atoms with Crippen LogP contribution >= 0.6 is 0 Å². The second-order valence-electron chi connectivity index (χ2n) is 5.05. The molecule has 0 bridgehead atoms. The molecule has 4 heteroatoms. The lowest BCUT2D eigenvalue weighted by molar-refractivity contribution is 0.0695. The van der Waals surface area contributed by atoms with Gasteiger partial charge in [0.15, 0.2) is 0 Å². The number of carboxylic acid groups (broad SMARTS) is 1. The fourth-order valence-corrected chi connectivity index (χ4v) is 2.23. The Morgan fingerprint density at radius 1 is 1.06 bits per heavy atom. The van der Waals surface area contributed by atoms with Crippen LogP contribution in [0.25, 0.3) is 0 Å². The van der Waals surface area contributed by atoms with Crippen LogP contribution in [0.1, 0.15) is 34.6 Å². The van der Waals surface area contributed by atoms with Crippen molar-refractivity contribution >= 4 is 11.9 Å². The summed E-state index contributed by atoms with van der Waals surface area (Å²) >= 11 is 0. The summed E-state index contributed by atoms with van der Waals surface area (Å²) in [5.41, 5.74) is 0.760. The molecule has 1 amide bonds. The van der Waals surface area contributed by atoms with E-state index < -0.39 is 5.97 Å². The lowest BCUT2D eigenvalue weighted by Crippen LogP contribution is -2.28. The van der Waals surface area contributed by atoms with Crippen molar-refractivity contribution in [2.45, 2.75) is 13.8 Å². The van der Waals surface area contributed by atoms with Crippen LogP contribution in [0.15, 0.2) is 24.3 Å². The number of aromatic carboxylic acids is 1. The minimum absolute atomic E-state index is 0.0110. The third-order valence-electron chi connectivity index (χ3n) is 3.65. The lowest BCUT2D eigenvalue weighted by Gasteiger charge is -2.16. The topological polar surface area (TPSA) is 57.6 Å². The van der Waals surface area contributed by atoms with Crippen LogP contribution in [-0.2, 0) is 0 Å². The number of hydrogen-bond acceptors (Lipinski definition) is 2. The molecule has 1 aromatic carbocycles. The molecule has 1 fully saturated rings. The zero-order chi connectivity index (χ0) is 13.3. The zero-order valence-corrected chi connectivity index (χ0v) is 10.6. The molecule has 0 spiro atoms. The average molecular weight is 247 g/mol. The Hall–Kier alpha value is -1.84. The number of carbonyl (C=O) groups is 2. The Morgan fingerprint density at radius 2 is 1.50 bits per heavy atom. The molecule has 1 aliphatic rings. The summed E-state index contributed by atoms with van der Waals surface area (Å²) in [6.45, 7) is 5.85. The summed E-state index contributed by atoms with van der Waals surface area (Å²) in [6.07, 6.45) is 0. The lowest BCUT2D eigenvalue weighted by atomic mass is 10.0. The molecule has 1 saturated heterocycles. The number of carbonyl (C=O) groups excluding carboxylic acids is 1. The van der Waals surface area contributed by atoms with Gasteiger partial charge >= 0.3 is 5.97 Å². The second-order valence-corrected chi connectivity index (χ2v) is 5.05. The summed E-state index contributed by atoms with van der Waals surface area (Å²) in [4.78, 5) is 24.8. The Labute approximate surface area is 106 Å². The Bertz CT molecular complexity index is 456. The first-order chi connectivity index (χ1) is 8.49. The molecule has 96 valence electrons. The molecule has 1 aliphatic heterocycles. The minimum Gasteiger partial charge on any atom is -0.478 e. The molecule has 0 saturated carbocycles. The van der Waals surface area contributed by atoms with Crippen LogP contribution in [0.5, 0.6) is 0 Å².